The van der Waals surface area contributed by atoms with E-state index in [1.165, 1.54) is 60.5 Å². The van der Waals surface area contributed by atoms with Crippen LogP contribution in [0.25, 0.3) is 43.8 Å². The molecule has 0 spiro atoms. The average molecular weight is 351 g/mol. The van der Waals surface area contributed by atoms with Crippen LogP contribution in [0.2, 0.25) is 0 Å². The molecule has 0 nitrogen and oxygen atoms in total. The third kappa shape index (κ3) is 2.10. The van der Waals surface area contributed by atoms with E-state index >= 15 is 0 Å². The van der Waals surface area contributed by atoms with Crippen LogP contribution in [0.5, 0.6) is 0 Å². The molecule has 0 bridgehead atoms. The molecule has 4 aromatic rings. The van der Waals surface area contributed by atoms with Crippen LogP contribution in [0, 0.1) is 6.92 Å². The molecule has 1 aliphatic carbocycles. The van der Waals surface area contributed by atoms with E-state index in [2.05, 4.69) is 89.2 Å². The number of fused-ring (bicyclic) bond motifs is 4. The molecular formula is C27H26. The summed E-state index contributed by atoms with van der Waals surface area (Å²) >= 11 is 0. The molecule has 0 saturated heterocycles. The van der Waals surface area contributed by atoms with Gasteiger partial charge in [0, 0.05) is 0 Å². The second kappa shape index (κ2) is 5.70. The molecular weight excluding hydrogens is 324 g/mol. The lowest BCUT2D eigenvalue weighted by Crippen LogP contribution is -2.01. The highest BCUT2D eigenvalue weighted by molar-refractivity contribution is 6.20. The van der Waals surface area contributed by atoms with Crippen LogP contribution >= 0.6 is 0 Å². The van der Waals surface area contributed by atoms with Crippen LogP contribution in [-0.4, -0.2) is 0 Å². The van der Waals surface area contributed by atoms with Gasteiger partial charge in [-0.1, -0.05) is 82.3 Å². The fourth-order valence-electron chi connectivity index (χ4n) is 5.22. The highest BCUT2D eigenvalue weighted by atomic mass is 14.3. The van der Waals surface area contributed by atoms with Crippen molar-refractivity contribution in [3.8, 4) is 22.3 Å². The predicted octanol–water partition coefficient (Wildman–Crippen LogP) is 8.20. The van der Waals surface area contributed by atoms with Gasteiger partial charge in [-0.15, -0.1) is 0 Å². The number of hydrogen-bond acceptors (Lipinski definition) is 0. The second-order valence-corrected chi connectivity index (χ2v) is 8.59. The van der Waals surface area contributed by atoms with Gasteiger partial charge in [-0.25, -0.2) is 0 Å². The van der Waals surface area contributed by atoms with Crippen molar-refractivity contribution in [1.82, 2.24) is 0 Å². The van der Waals surface area contributed by atoms with Crippen LogP contribution in [-0.2, 0) is 0 Å². The minimum atomic E-state index is 0.482. The number of hydrogen-bond donors (Lipinski definition) is 0. The lowest BCUT2D eigenvalue weighted by atomic mass is 9.80. The first-order chi connectivity index (χ1) is 13.0. The van der Waals surface area contributed by atoms with Crippen molar-refractivity contribution in [3.63, 3.8) is 0 Å². The minimum Gasteiger partial charge on any atom is -0.0616 e. The van der Waals surface area contributed by atoms with Gasteiger partial charge < -0.3 is 0 Å². The maximum atomic E-state index is 2.36. The Bertz CT molecular complexity index is 1160. The van der Waals surface area contributed by atoms with E-state index in [9.17, 15) is 0 Å². The quantitative estimate of drug-likeness (QED) is 0.301. The molecule has 0 N–H and O–H groups in total. The van der Waals surface area contributed by atoms with E-state index in [0.29, 0.717) is 11.8 Å². The molecule has 0 heteroatoms. The number of aryl methyl sites for hydroxylation is 1. The molecule has 0 atom stereocenters. The Labute approximate surface area is 161 Å². The fourth-order valence-corrected chi connectivity index (χ4v) is 5.22. The van der Waals surface area contributed by atoms with Gasteiger partial charge >= 0.3 is 0 Å². The van der Waals surface area contributed by atoms with Crippen molar-refractivity contribution in [2.75, 3.05) is 0 Å². The lowest BCUT2D eigenvalue weighted by molar-refractivity contribution is 0.864. The molecule has 27 heavy (non-hydrogen) atoms. The monoisotopic (exact) mass is 350 g/mol. The average Bonchev–Trinajstić information content (AvgIpc) is 2.97. The van der Waals surface area contributed by atoms with Gasteiger partial charge in [-0.05, 0) is 79.2 Å². The first kappa shape index (κ1) is 16.6. The standard InChI is InChI=1S/C27H26/c1-15(2)23-19-9-6-7-10-20(19)24(16(3)4)27-22-14-13-17(5)18-11-8-12-21(25(18)22)26(23)27/h6-16H,1-5H3. The van der Waals surface area contributed by atoms with E-state index in [-0.39, 0.29) is 0 Å². The molecule has 1 aliphatic rings. The van der Waals surface area contributed by atoms with Crippen LogP contribution in [0.4, 0.5) is 0 Å². The summed E-state index contributed by atoms with van der Waals surface area (Å²) < 4.78 is 0. The van der Waals surface area contributed by atoms with Gasteiger partial charge in [0.25, 0.3) is 0 Å². The van der Waals surface area contributed by atoms with Crippen molar-refractivity contribution in [3.05, 3.63) is 71.3 Å². The van der Waals surface area contributed by atoms with Gasteiger partial charge in [-0.3, -0.25) is 0 Å². The molecule has 4 aromatic carbocycles. The van der Waals surface area contributed by atoms with Gasteiger partial charge in [0.15, 0.2) is 0 Å². The van der Waals surface area contributed by atoms with E-state index < -0.39 is 0 Å². The van der Waals surface area contributed by atoms with Crippen LogP contribution in [0.15, 0.2) is 54.6 Å². The fraction of sp³-hybridized carbons (Fsp3) is 0.259. The summed E-state index contributed by atoms with van der Waals surface area (Å²) in [7, 11) is 0. The Balaban J connectivity index is 2.10. The molecule has 0 radical (unpaired) electrons. The minimum absolute atomic E-state index is 0.482. The Morgan fingerprint density at radius 3 is 1.63 bits per heavy atom. The van der Waals surface area contributed by atoms with E-state index in [4.69, 9.17) is 0 Å². The number of rotatable bonds is 2. The van der Waals surface area contributed by atoms with Crippen molar-refractivity contribution >= 4 is 21.5 Å². The summed E-state index contributed by atoms with van der Waals surface area (Å²) in [6.45, 7) is 11.6. The molecule has 0 heterocycles. The Morgan fingerprint density at radius 1 is 0.556 bits per heavy atom. The third-order valence-electron chi connectivity index (χ3n) is 6.25. The predicted molar refractivity (Wildman–Crippen MR) is 119 cm³/mol. The molecule has 0 saturated carbocycles. The van der Waals surface area contributed by atoms with Gasteiger partial charge in [0.1, 0.15) is 0 Å². The molecule has 0 aliphatic heterocycles. The smallest absolute Gasteiger partial charge is 0.00235 e. The zero-order valence-electron chi connectivity index (χ0n) is 16.9. The van der Waals surface area contributed by atoms with E-state index in [1.54, 1.807) is 0 Å². The maximum Gasteiger partial charge on any atom is -0.00235 e. The Hall–Kier alpha value is -2.60. The highest BCUT2D eigenvalue weighted by Gasteiger charge is 2.30. The largest absolute Gasteiger partial charge is 0.0616 e. The zero-order valence-corrected chi connectivity index (χ0v) is 16.9. The molecule has 134 valence electrons. The summed E-state index contributed by atoms with van der Waals surface area (Å²) in [6, 6.07) is 20.5. The van der Waals surface area contributed by atoms with E-state index in [1.807, 2.05) is 0 Å². The lowest BCUT2D eigenvalue weighted by Gasteiger charge is -2.23. The molecule has 0 fully saturated rings. The topological polar surface area (TPSA) is 0 Å². The third-order valence-corrected chi connectivity index (χ3v) is 6.25. The molecule has 5 rings (SSSR count). The van der Waals surface area contributed by atoms with Gasteiger partial charge in [0.05, 0.1) is 0 Å². The molecule has 0 aromatic heterocycles. The van der Waals surface area contributed by atoms with Crippen molar-refractivity contribution in [2.24, 2.45) is 0 Å². The summed E-state index contributed by atoms with van der Waals surface area (Å²) in [5.41, 5.74) is 10.2. The number of benzene rings is 4. The van der Waals surface area contributed by atoms with Crippen LogP contribution < -0.4 is 0 Å². The van der Waals surface area contributed by atoms with Gasteiger partial charge in [0.2, 0.25) is 0 Å². The second-order valence-electron chi connectivity index (χ2n) is 8.59. The maximum absolute atomic E-state index is 2.36. The summed E-state index contributed by atoms with van der Waals surface area (Å²) in [6.07, 6.45) is 0. The molecule has 0 unspecified atom stereocenters. The van der Waals surface area contributed by atoms with Crippen molar-refractivity contribution in [1.29, 1.82) is 0 Å². The van der Waals surface area contributed by atoms with Crippen molar-refractivity contribution < 1.29 is 0 Å². The Kier molecular flexibility index (Phi) is 3.49. The molecule has 0 amide bonds. The Morgan fingerprint density at radius 2 is 1.07 bits per heavy atom. The summed E-state index contributed by atoms with van der Waals surface area (Å²) in [4.78, 5) is 0. The highest BCUT2D eigenvalue weighted by Crippen LogP contribution is 2.55. The van der Waals surface area contributed by atoms with Crippen molar-refractivity contribution in [2.45, 2.75) is 46.5 Å². The normalized spacial score (nSPS) is 12.6. The van der Waals surface area contributed by atoms with Gasteiger partial charge in [-0.2, -0.15) is 0 Å². The van der Waals surface area contributed by atoms with Crippen LogP contribution in [0.1, 0.15) is 56.2 Å². The van der Waals surface area contributed by atoms with E-state index in [0.717, 1.165) is 0 Å². The first-order valence-corrected chi connectivity index (χ1v) is 10.1. The zero-order chi connectivity index (χ0) is 18.9. The first-order valence-electron chi connectivity index (χ1n) is 10.1. The van der Waals surface area contributed by atoms with Crippen LogP contribution in [0.3, 0.4) is 0 Å². The SMILES string of the molecule is Cc1ccc2c3c(cccc13)-c1c-2c(C(C)C)c2ccccc2c1C(C)C. The summed E-state index contributed by atoms with van der Waals surface area (Å²) in [5.74, 6) is 0.964. The summed E-state index contributed by atoms with van der Waals surface area (Å²) in [5, 5.41) is 5.70.